The van der Waals surface area contributed by atoms with E-state index in [2.05, 4.69) is 34.3 Å². The van der Waals surface area contributed by atoms with E-state index < -0.39 is 0 Å². The summed E-state index contributed by atoms with van der Waals surface area (Å²) in [5, 5.41) is 2.09. The van der Waals surface area contributed by atoms with Gasteiger partial charge in [-0.25, -0.2) is 0 Å². The van der Waals surface area contributed by atoms with E-state index in [0.717, 1.165) is 16.6 Å². The molecule has 0 bridgehead atoms. The fraction of sp³-hybridized carbons (Fsp3) is 0.286. The Morgan fingerprint density at radius 2 is 2.17 bits per heavy atom. The van der Waals surface area contributed by atoms with E-state index in [0.29, 0.717) is 0 Å². The van der Waals surface area contributed by atoms with Crippen molar-refractivity contribution in [2.75, 3.05) is 7.11 Å². The number of benzene rings is 1. The molecule has 0 aliphatic heterocycles. The molecule has 0 aliphatic carbocycles. The molecule has 0 spiro atoms. The second-order valence-corrected chi connectivity index (χ2v) is 6.04. The molecule has 0 fully saturated rings. The quantitative estimate of drug-likeness (QED) is 0.919. The molecule has 1 unspecified atom stereocenters. The summed E-state index contributed by atoms with van der Waals surface area (Å²) in [5.41, 5.74) is 8.73. The van der Waals surface area contributed by atoms with Crippen LogP contribution in [0.1, 0.15) is 22.0 Å². The lowest BCUT2D eigenvalue weighted by molar-refractivity contribution is 0.414. The Hall–Kier alpha value is -0.840. The minimum absolute atomic E-state index is 0.0356. The molecule has 4 heteroatoms. The van der Waals surface area contributed by atoms with Crippen LogP contribution in [0.2, 0.25) is 0 Å². The summed E-state index contributed by atoms with van der Waals surface area (Å²) < 4.78 is 6.32. The number of aryl methyl sites for hydroxylation is 1. The summed E-state index contributed by atoms with van der Waals surface area (Å²) in [5.74, 6) is 0.864. The van der Waals surface area contributed by atoms with Crippen LogP contribution in [0, 0.1) is 6.92 Å². The molecule has 1 atom stereocenters. The van der Waals surface area contributed by atoms with Crippen LogP contribution < -0.4 is 10.5 Å². The molecular weight excluding hydrogens is 310 g/mol. The van der Waals surface area contributed by atoms with Crippen LogP contribution in [0.4, 0.5) is 0 Å². The average Bonchev–Trinajstić information content (AvgIpc) is 2.78. The van der Waals surface area contributed by atoms with Crippen molar-refractivity contribution in [3.63, 3.8) is 0 Å². The van der Waals surface area contributed by atoms with E-state index in [-0.39, 0.29) is 6.04 Å². The van der Waals surface area contributed by atoms with Crippen molar-refractivity contribution in [2.45, 2.75) is 19.4 Å². The van der Waals surface area contributed by atoms with Crippen LogP contribution in [0.15, 0.2) is 34.1 Å². The van der Waals surface area contributed by atoms with Gasteiger partial charge in [0.25, 0.3) is 0 Å². The predicted octanol–water partition coefficient (Wildman–Crippen LogP) is 4.07. The van der Waals surface area contributed by atoms with Crippen LogP contribution in [0.3, 0.4) is 0 Å². The second kappa shape index (κ2) is 5.87. The van der Waals surface area contributed by atoms with Gasteiger partial charge in [-0.15, -0.1) is 11.3 Å². The number of nitrogens with two attached hydrogens (primary N) is 1. The molecule has 1 aromatic heterocycles. The minimum Gasteiger partial charge on any atom is -0.497 e. The highest BCUT2D eigenvalue weighted by atomic mass is 79.9. The highest BCUT2D eigenvalue weighted by Gasteiger charge is 2.13. The molecule has 2 rings (SSSR count). The molecule has 2 nitrogen and oxygen atoms in total. The predicted molar refractivity (Wildman–Crippen MR) is 80.4 cm³/mol. The summed E-state index contributed by atoms with van der Waals surface area (Å²) in [6.07, 6.45) is 0.805. The Labute approximate surface area is 120 Å². The zero-order chi connectivity index (χ0) is 13.1. The number of hydrogen-bond donors (Lipinski definition) is 1. The Kier molecular flexibility index (Phi) is 4.43. The number of methoxy groups -OCH3 is 1. The van der Waals surface area contributed by atoms with Crippen molar-refractivity contribution in [2.24, 2.45) is 5.73 Å². The normalized spacial score (nSPS) is 12.4. The van der Waals surface area contributed by atoms with Crippen LogP contribution >= 0.6 is 27.3 Å². The SMILES string of the molecule is COc1ccc(Br)c(CC(N)c2sccc2C)c1. The number of hydrogen-bond acceptors (Lipinski definition) is 3. The lowest BCUT2D eigenvalue weighted by Gasteiger charge is -2.13. The molecule has 96 valence electrons. The molecule has 0 saturated carbocycles. The van der Waals surface area contributed by atoms with Crippen molar-refractivity contribution in [3.05, 3.63) is 50.1 Å². The largest absolute Gasteiger partial charge is 0.497 e. The molecule has 0 aliphatic rings. The minimum atomic E-state index is 0.0356. The van der Waals surface area contributed by atoms with Gasteiger partial charge in [0.1, 0.15) is 5.75 Å². The van der Waals surface area contributed by atoms with Crippen LogP contribution in [-0.2, 0) is 6.42 Å². The zero-order valence-corrected chi connectivity index (χ0v) is 12.8. The standard InChI is InChI=1S/C14H16BrNOS/c1-9-5-6-18-14(9)13(16)8-10-7-11(17-2)3-4-12(10)15/h3-7,13H,8,16H2,1-2H3. The van der Waals surface area contributed by atoms with Gasteiger partial charge >= 0.3 is 0 Å². The smallest absolute Gasteiger partial charge is 0.119 e. The van der Waals surface area contributed by atoms with Crippen LogP contribution in [0.5, 0.6) is 5.75 Å². The van der Waals surface area contributed by atoms with Gasteiger partial charge < -0.3 is 10.5 Å². The first-order valence-corrected chi connectivity index (χ1v) is 7.41. The number of ether oxygens (including phenoxy) is 1. The van der Waals surface area contributed by atoms with Gasteiger partial charge in [-0.05, 0) is 54.1 Å². The summed E-state index contributed by atoms with van der Waals surface area (Å²) in [7, 11) is 1.68. The van der Waals surface area contributed by atoms with Crippen molar-refractivity contribution in [1.82, 2.24) is 0 Å². The van der Waals surface area contributed by atoms with Crippen molar-refractivity contribution < 1.29 is 4.74 Å². The lowest BCUT2D eigenvalue weighted by Crippen LogP contribution is -2.13. The molecule has 0 saturated heterocycles. The molecule has 18 heavy (non-hydrogen) atoms. The first kappa shape index (κ1) is 13.6. The van der Waals surface area contributed by atoms with Crippen LogP contribution in [0.25, 0.3) is 0 Å². The highest BCUT2D eigenvalue weighted by molar-refractivity contribution is 9.10. The van der Waals surface area contributed by atoms with Gasteiger partial charge in [0.2, 0.25) is 0 Å². The third-order valence-corrected chi connectivity index (χ3v) is 4.86. The van der Waals surface area contributed by atoms with Gasteiger partial charge in [0.15, 0.2) is 0 Å². The summed E-state index contributed by atoms with van der Waals surface area (Å²) in [6.45, 7) is 2.10. The fourth-order valence-corrected chi connectivity index (χ4v) is 3.27. The monoisotopic (exact) mass is 325 g/mol. The second-order valence-electron chi connectivity index (χ2n) is 4.24. The Morgan fingerprint density at radius 1 is 1.39 bits per heavy atom. The maximum absolute atomic E-state index is 6.28. The maximum Gasteiger partial charge on any atom is 0.119 e. The third kappa shape index (κ3) is 2.94. The van der Waals surface area contributed by atoms with Crippen molar-refractivity contribution >= 4 is 27.3 Å². The van der Waals surface area contributed by atoms with Gasteiger partial charge in [-0.3, -0.25) is 0 Å². The Bertz CT molecular complexity index is 538. The Balaban J connectivity index is 2.21. The van der Waals surface area contributed by atoms with Gasteiger partial charge in [-0.2, -0.15) is 0 Å². The molecule has 0 radical (unpaired) electrons. The topological polar surface area (TPSA) is 35.2 Å². The van der Waals surface area contributed by atoms with Crippen molar-refractivity contribution in [1.29, 1.82) is 0 Å². The molecule has 1 heterocycles. The number of halogens is 1. The summed E-state index contributed by atoms with van der Waals surface area (Å²) in [6, 6.07) is 8.12. The van der Waals surface area contributed by atoms with E-state index in [1.807, 2.05) is 18.2 Å². The molecule has 2 N–H and O–H groups in total. The molecule has 2 aromatic rings. The summed E-state index contributed by atoms with van der Waals surface area (Å²) in [4.78, 5) is 1.25. The van der Waals surface area contributed by atoms with Gasteiger partial charge in [0, 0.05) is 15.4 Å². The van der Waals surface area contributed by atoms with E-state index in [9.17, 15) is 0 Å². The molecular formula is C14H16BrNOS. The van der Waals surface area contributed by atoms with E-state index >= 15 is 0 Å². The molecule has 0 amide bonds. The Morgan fingerprint density at radius 3 is 2.78 bits per heavy atom. The van der Waals surface area contributed by atoms with Gasteiger partial charge in [-0.1, -0.05) is 15.9 Å². The third-order valence-electron chi connectivity index (χ3n) is 2.93. The molecule has 1 aromatic carbocycles. The zero-order valence-electron chi connectivity index (χ0n) is 10.4. The highest BCUT2D eigenvalue weighted by Crippen LogP contribution is 2.29. The maximum atomic E-state index is 6.28. The first-order valence-electron chi connectivity index (χ1n) is 5.74. The van der Waals surface area contributed by atoms with Crippen LogP contribution in [-0.4, -0.2) is 7.11 Å². The first-order chi connectivity index (χ1) is 8.61. The van der Waals surface area contributed by atoms with E-state index in [1.54, 1.807) is 18.4 Å². The lowest BCUT2D eigenvalue weighted by atomic mass is 10.0. The number of thiophene rings is 1. The van der Waals surface area contributed by atoms with Crippen molar-refractivity contribution in [3.8, 4) is 5.75 Å². The summed E-state index contributed by atoms with van der Waals surface area (Å²) >= 11 is 5.28. The number of rotatable bonds is 4. The van der Waals surface area contributed by atoms with E-state index in [1.165, 1.54) is 16.0 Å². The van der Waals surface area contributed by atoms with E-state index in [4.69, 9.17) is 10.5 Å². The van der Waals surface area contributed by atoms with Gasteiger partial charge in [0.05, 0.1) is 7.11 Å². The average molecular weight is 326 g/mol. The fourth-order valence-electron chi connectivity index (χ4n) is 1.93.